The van der Waals surface area contributed by atoms with E-state index >= 15 is 0 Å². The van der Waals surface area contributed by atoms with E-state index in [9.17, 15) is 24.3 Å². The number of amides is 2. The van der Waals surface area contributed by atoms with E-state index in [2.05, 4.69) is 22.5 Å². The predicted molar refractivity (Wildman–Crippen MR) is 158 cm³/mol. The van der Waals surface area contributed by atoms with Crippen LogP contribution in [0.3, 0.4) is 0 Å². The Bertz CT molecular complexity index is 1660. The molecule has 2 amide bonds. The van der Waals surface area contributed by atoms with Gasteiger partial charge in [-0.15, -0.1) is 0 Å². The van der Waals surface area contributed by atoms with E-state index in [1.165, 1.54) is 24.2 Å². The smallest absolute Gasteiger partial charge is 0.238 e. The van der Waals surface area contributed by atoms with Gasteiger partial charge in [-0.25, -0.2) is 0 Å². The first-order chi connectivity index (χ1) is 19.7. The van der Waals surface area contributed by atoms with Gasteiger partial charge >= 0.3 is 0 Å². The van der Waals surface area contributed by atoms with Crippen LogP contribution in [0.15, 0.2) is 88.5 Å². The first kappa shape index (κ1) is 26.9. The molecule has 1 N–H and O–H groups in total. The lowest BCUT2D eigenvalue weighted by atomic mass is 9.61. The number of halogens is 1. The van der Waals surface area contributed by atoms with Crippen LogP contribution in [0.2, 0.25) is 0 Å². The number of anilines is 1. The number of hydrogen-bond acceptors (Lipinski definition) is 6. The molecule has 8 heteroatoms. The molecule has 41 heavy (non-hydrogen) atoms. The summed E-state index contributed by atoms with van der Waals surface area (Å²) in [6.45, 7) is 3.76. The molecule has 4 unspecified atom stereocenters. The Morgan fingerprint density at radius 1 is 1.02 bits per heavy atom. The highest BCUT2D eigenvalue weighted by Gasteiger charge is 2.56. The zero-order valence-corrected chi connectivity index (χ0v) is 23.8. The van der Waals surface area contributed by atoms with Gasteiger partial charge in [-0.3, -0.25) is 24.1 Å². The Kier molecular flexibility index (Phi) is 6.74. The number of Topliss-reactive ketones (excluding diaryl/α,β-unsaturated/α-hetero) is 1. The van der Waals surface area contributed by atoms with E-state index in [4.69, 9.17) is 4.74 Å². The number of hydrogen-bond donors (Lipinski definition) is 1. The van der Waals surface area contributed by atoms with E-state index in [0.717, 1.165) is 16.7 Å². The molecule has 206 valence electrons. The molecular formula is C33H26BrNO6. The number of allylic oxidation sites excluding steroid dienone is 7. The molecule has 0 bridgehead atoms. The minimum absolute atomic E-state index is 0.00421. The Balaban J connectivity index is 1.41. The average molecular weight is 612 g/mol. The normalized spacial score (nSPS) is 25.6. The van der Waals surface area contributed by atoms with Crippen LogP contribution in [0.4, 0.5) is 5.69 Å². The zero-order chi connectivity index (χ0) is 29.0. The van der Waals surface area contributed by atoms with Gasteiger partial charge in [-0.1, -0.05) is 54.7 Å². The lowest BCUT2D eigenvalue weighted by Gasteiger charge is -2.41. The molecule has 0 saturated carbocycles. The highest BCUT2D eigenvalue weighted by atomic mass is 79.9. The van der Waals surface area contributed by atoms with Crippen molar-refractivity contribution in [2.75, 3.05) is 12.0 Å². The molecule has 4 atom stereocenters. The summed E-state index contributed by atoms with van der Waals surface area (Å²) in [6.07, 6.45) is 9.20. The van der Waals surface area contributed by atoms with E-state index in [-0.39, 0.29) is 40.0 Å². The molecule has 2 aromatic rings. The van der Waals surface area contributed by atoms with Crippen LogP contribution in [-0.4, -0.2) is 35.6 Å². The van der Waals surface area contributed by atoms with E-state index in [1.807, 2.05) is 30.4 Å². The van der Waals surface area contributed by atoms with Crippen LogP contribution in [0.1, 0.15) is 24.0 Å². The summed E-state index contributed by atoms with van der Waals surface area (Å²) in [4.78, 5) is 55.4. The van der Waals surface area contributed by atoms with Crippen LogP contribution < -0.4 is 9.64 Å². The van der Waals surface area contributed by atoms with Crippen LogP contribution in [0.25, 0.3) is 12.2 Å². The van der Waals surface area contributed by atoms with Gasteiger partial charge in [0.15, 0.2) is 23.1 Å². The zero-order valence-electron chi connectivity index (χ0n) is 22.2. The number of carbonyl (C=O) groups excluding carboxylic acids is 4. The van der Waals surface area contributed by atoms with E-state index in [1.54, 1.807) is 30.3 Å². The van der Waals surface area contributed by atoms with Crippen molar-refractivity contribution in [3.63, 3.8) is 0 Å². The third-order valence-corrected chi connectivity index (χ3v) is 9.04. The van der Waals surface area contributed by atoms with Crippen LogP contribution >= 0.6 is 15.9 Å². The third kappa shape index (κ3) is 4.34. The number of benzene rings is 2. The first-order valence-electron chi connectivity index (χ1n) is 13.3. The molecule has 0 radical (unpaired) electrons. The summed E-state index contributed by atoms with van der Waals surface area (Å²) >= 11 is 3.24. The molecule has 1 fully saturated rings. The van der Waals surface area contributed by atoms with Crippen molar-refractivity contribution in [3.05, 3.63) is 99.6 Å². The number of ketones is 2. The van der Waals surface area contributed by atoms with E-state index in [0.29, 0.717) is 29.0 Å². The molecule has 1 saturated heterocycles. The number of ether oxygens (including phenoxy) is 1. The molecule has 1 aliphatic heterocycles. The van der Waals surface area contributed by atoms with Gasteiger partial charge in [-0.2, -0.15) is 0 Å². The highest BCUT2D eigenvalue weighted by Crippen LogP contribution is 2.53. The number of nitrogens with zero attached hydrogens (tertiary/aromatic N) is 1. The number of fused-ring (bicyclic) bond motifs is 3. The Hall–Kier alpha value is -4.30. The summed E-state index contributed by atoms with van der Waals surface area (Å²) < 4.78 is 5.41. The quantitative estimate of drug-likeness (QED) is 0.270. The fourth-order valence-corrected chi connectivity index (χ4v) is 6.95. The second-order valence-electron chi connectivity index (χ2n) is 10.5. The molecule has 6 rings (SSSR count). The minimum Gasteiger partial charge on any atom is -0.504 e. The second kappa shape index (κ2) is 10.3. The summed E-state index contributed by atoms with van der Waals surface area (Å²) in [5.74, 6) is -2.93. The molecular weight excluding hydrogens is 586 g/mol. The number of rotatable bonds is 5. The molecule has 7 nitrogen and oxygen atoms in total. The number of aromatic hydroxyl groups is 1. The van der Waals surface area contributed by atoms with Crippen LogP contribution in [-0.2, 0) is 19.2 Å². The van der Waals surface area contributed by atoms with Crippen LogP contribution in [0, 0.1) is 23.7 Å². The summed E-state index contributed by atoms with van der Waals surface area (Å²) in [7, 11) is 1.46. The Labute approximate surface area is 245 Å². The number of phenols is 1. The van der Waals surface area contributed by atoms with Gasteiger partial charge in [0.1, 0.15) is 0 Å². The topological polar surface area (TPSA) is 101 Å². The summed E-state index contributed by atoms with van der Waals surface area (Å²) in [5.41, 5.74) is 3.75. The van der Waals surface area contributed by atoms with Crippen molar-refractivity contribution in [2.45, 2.75) is 12.8 Å². The fourth-order valence-electron chi connectivity index (χ4n) is 6.50. The van der Waals surface area contributed by atoms with Crippen molar-refractivity contribution in [1.29, 1.82) is 0 Å². The second-order valence-corrected chi connectivity index (χ2v) is 11.4. The lowest BCUT2D eigenvalue weighted by molar-refractivity contribution is -0.123. The number of phenolic OH excluding ortho intramolecular Hbond substituents is 1. The largest absolute Gasteiger partial charge is 0.504 e. The van der Waals surface area contributed by atoms with Crippen molar-refractivity contribution in [3.8, 4) is 11.5 Å². The predicted octanol–water partition coefficient (Wildman–Crippen LogP) is 5.56. The van der Waals surface area contributed by atoms with Gasteiger partial charge in [0, 0.05) is 23.1 Å². The number of methoxy groups -OCH3 is 1. The SMILES string of the molecule is C=Cc1ccc(N2C(=O)C3CC=C4C(C=Cc5ccc(O)c(OC)c5)C5=C(CC4C3C2=O)C(=O)C(Br)=CC5=O)cc1. The first-order valence-corrected chi connectivity index (χ1v) is 14.1. The highest BCUT2D eigenvalue weighted by molar-refractivity contribution is 9.12. The molecule has 0 aromatic heterocycles. The maximum absolute atomic E-state index is 13.9. The molecule has 1 heterocycles. The van der Waals surface area contributed by atoms with Gasteiger partial charge in [0.25, 0.3) is 0 Å². The molecule has 0 spiro atoms. The van der Waals surface area contributed by atoms with Gasteiger partial charge in [0.05, 0.1) is 29.1 Å². The maximum Gasteiger partial charge on any atom is 0.238 e. The minimum atomic E-state index is -0.645. The van der Waals surface area contributed by atoms with Crippen molar-refractivity contribution in [2.24, 2.45) is 23.7 Å². The van der Waals surface area contributed by atoms with Gasteiger partial charge < -0.3 is 9.84 Å². The number of imide groups is 1. The summed E-state index contributed by atoms with van der Waals surface area (Å²) in [5, 5.41) is 9.99. The standard InChI is InChI=1S/C33H26BrNO6/c1-3-17-4-8-19(9-5-17)35-32(39)22-12-11-20-21(10-6-18-7-13-26(36)28(14-18)41-2)29-24(15-23(20)30(22)33(35)40)31(38)25(34)16-27(29)37/h3-11,13-14,16,21-23,30,36H,1,12,15H2,2H3. The molecule has 4 aliphatic rings. The van der Waals surface area contributed by atoms with Crippen LogP contribution in [0.5, 0.6) is 11.5 Å². The van der Waals surface area contributed by atoms with Crippen molar-refractivity contribution < 1.29 is 29.0 Å². The van der Waals surface area contributed by atoms with Gasteiger partial charge in [-0.05, 0) is 70.1 Å². The monoisotopic (exact) mass is 611 g/mol. The molecule has 3 aliphatic carbocycles. The summed E-state index contributed by atoms with van der Waals surface area (Å²) in [6, 6.07) is 12.0. The lowest BCUT2D eigenvalue weighted by Crippen LogP contribution is -2.40. The maximum atomic E-state index is 13.9. The Morgan fingerprint density at radius 2 is 1.76 bits per heavy atom. The Morgan fingerprint density at radius 3 is 2.46 bits per heavy atom. The fraction of sp³-hybridized carbons (Fsp3) is 0.212. The average Bonchev–Trinajstić information content (AvgIpc) is 3.24. The van der Waals surface area contributed by atoms with Gasteiger partial charge in [0.2, 0.25) is 11.8 Å². The van der Waals surface area contributed by atoms with E-state index < -0.39 is 23.7 Å². The molecule has 2 aromatic carbocycles. The van der Waals surface area contributed by atoms with Crippen molar-refractivity contribution in [1.82, 2.24) is 0 Å². The van der Waals surface area contributed by atoms with Crippen molar-refractivity contribution >= 4 is 57.2 Å². The number of carbonyl (C=O) groups is 4. The third-order valence-electron chi connectivity index (χ3n) is 8.45.